The van der Waals surface area contributed by atoms with Gasteiger partial charge in [-0.2, -0.15) is 0 Å². The number of hydrogen-bond acceptors (Lipinski definition) is 2. The van der Waals surface area contributed by atoms with Crippen LogP contribution in [0.25, 0.3) is 0 Å². The van der Waals surface area contributed by atoms with Gasteiger partial charge >= 0.3 is 0 Å². The highest BCUT2D eigenvalue weighted by Gasteiger charge is 2.22. The Kier molecular flexibility index (Phi) is 2.83. The Hall–Kier alpha value is -1.38. The van der Waals surface area contributed by atoms with E-state index in [4.69, 9.17) is 11.6 Å². The van der Waals surface area contributed by atoms with Crippen molar-refractivity contribution in [3.8, 4) is 0 Å². The maximum absolute atomic E-state index is 6.08. The van der Waals surface area contributed by atoms with E-state index in [1.165, 1.54) is 11.1 Å². The number of aromatic nitrogens is 1. The molecule has 1 N–H and O–H groups in total. The van der Waals surface area contributed by atoms with Crippen molar-refractivity contribution in [2.45, 2.75) is 12.5 Å². The van der Waals surface area contributed by atoms with Gasteiger partial charge in [-0.25, -0.2) is 0 Å². The van der Waals surface area contributed by atoms with Crippen LogP contribution in [0.1, 0.15) is 22.9 Å². The Balaban J connectivity index is 2.08. The molecule has 0 amide bonds. The van der Waals surface area contributed by atoms with Gasteiger partial charge in [-0.3, -0.25) is 4.98 Å². The van der Waals surface area contributed by atoms with Crippen LogP contribution in [0.3, 0.4) is 0 Å². The fourth-order valence-corrected chi connectivity index (χ4v) is 2.51. The van der Waals surface area contributed by atoms with Crippen LogP contribution in [0.5, 0.6) is 0 Å². The molecule has 1 aliphatic rings. The molecule has 1 aliphatic heterocycles. The highest BCUT2D eigenvalue weighted by molar-refractivity contribution is 6.30. The molecule has 0 bridgehead atoms. The maximum atomic E-state index is 6.08. The van der Waals surface area contributed by atoms with Crippen molar-refractivity contribution < 1.29 is 0 Å². The molecule has 3 heteroatoms. The van der Waals surface area contributed by atoms with Crippen molar-refractivity contribution in [2.75, 3.05) is 6.54 Å². The smallest absolute Gasteiger partial charge is 0.0754 e. The number of benzene rings is 1. The second-order valence-electron chi connectivity index (χ2n) is 4.23. The molecule has 0 fully saturated rings. The van der Waals surface area contributed by atoms with Crippen LogP contribution in [0, 0.1) is 0 Å². The Morgan fingerprint density at radius 2 is 2.18 bits per heavy atom. The summed E-state index contributed by atoms with van der Waals surface area (Å²) in [5, 5.41) is 4.28. The Morgan fingerprint density at radius 1 is 1.24 bits per heavy atom. The minimum atomic E-state index is 0.165. The third-order valence-electron chi connectivity index (χ3n) is 3.15. The van der Waals surface area contributed by atoms with E-state index in [0.29, 0.717) is 0 Å². The summed E-state index contributed by atoms with van der Waals surface area (Å²) >= 11 is 6.08. The summed E-state index contributed by atoms with van der Waals surface area (Å²) in [6.45, 7) is 0.982. The summed E-state index contributed by atoms with van der Waals surface area (Å²) < 4.78 is 0. The monoisotopic (exact) mass is 244 g/mol. The van der Waals surface area contributed by atoms with Crippen LogP contribution in [0.2, 0.25) is 5.02 Å². The van der Waals surface area contributed by atoms with Crippen molar-refractivity contribution in [3.05, 3.63) is 64.4 Å². The zero-order valence-corrected chi connectivity index (χ0v) is 10.1. The average Bonchev–Trinajstić information content (AvgIpc) is 2.39. The van der Waals surface area contributed by atoms with E-state index in [1.807, 2.05) is 36.5 Å². The summed E-state index contributed by atoms with van der Waals surface area (Å²) in [5.74, 6) is 0. The molecule has 0 spiro atoms. The SMILES string of the molecule is Clc1ccc2c(c1)[C@@H](c1ccccn1)NCC2. The van der Waals surface area contributed by atoms with Crippen LogP contribution in [0.4, 0.5) is 0 Å². The van der Waals surface area contributed by atoms with Gasteiger partial charge in [-0.15, -0.1) is 0 Å². The minimum Gasteiger partial charge on any atom is -0.305 e. The summed E-state index contributed by atoms with van der Waals surface area (Å²) in [6.07, 6.45) is 2.88. The molecule has 1 aromatic carbocycles. The van der Waals surface area contributed by atoms with Crippen molar-refractivity contribution >= 4 is 11.6 Å². The summed E-state index contributed by atoms with van der Waals surface area (Å²) in [6, 6.07) is 12.3. The predicted molar refractivity (Wildman–Crippen MR) is 69.2 cm³/mol. The largest absolute Gasteiger partial charge is 0.305 e. The Labute approximate surface area is 106 Å². The first kappa shape index (κ1) is 10.8. The summed E-state index contributed by atoms with van der Waals surface area (Å²) in [7, 11) is 0. The number of rotatable bonds is 1. The van der Waals surface area contributed by atoms with E-state index >= 15 is 0 Å². The second kappa shape index (κ2) is 4.47. The predicted octanol–water partition coefficient (Wildman–Crippen LogP) is 2.97. The molecule has 2 nitrogen and oxygen atoms in total. The lowest BCUT2D eigenvalue weighted by atomic mass is 9.92. The number of nitrogens with zero attached hydrogens (tertiary/aromatic N) is 1. The number of fused-ring (bicyclic) bond motifs is 1. The molecular weight excluding hydrogens is 232 g/mol. The zero-order chi connectivity index (χ0) is 11.7. The van der Waals surface area contributed by atoms with E-state index in [1.54, 1.807) is 0 Å². The van der Waals surface area contributed by atoms with Crippen molar-refractivity contribution in [3.63, 3.8) is 0 Å². The lowest BCUT2D eigenvalue weighted by Crippen LogP contribution is -2.31. The zero-order valence-electron chi connectivity index (χ0n) is 9.36. The molecule has 2 aromatic rings. The quantitative estimate of drug-likeness (QED) is 0.834. The highest BCUT2D eigenvalue weighted by atomic mass is 35.5. The van der Waals surface area contributed by atoms with Gasteiger partial charge in [0.1, 0.15) is 0 Å². The van der Waals surface area contributed by atoms with Gasteiger partial charge in [0, 0.05) is 17.8 Å². The van der Waals surface area contributed by atoms with Crippen molar-refractivity contribution in [1.29, 1.82) is 0 Å². The first-order chi connectivity index (χ1) is 8.34. The van der Waals surface area contributed by atoms with E-state index in [-0.39, 0.29) is 6.04 Å². The van der Waals surface area contributed by atoms with Crippen molar-refractivity contribution in [1.82, 2.24) is 10.3 Å². The molecule has 1 aromatic heterocycles. The van der Waals surface area contributed by atoms with Gasteiger partial charge in [0.2, 0.25) is 0 Å². The molecule has 17 heavy (non-hydrogen) atoms. The molecule has 3 rings (SSSR count). The van der Waals surface area contributed by atoms with Crippen LogP contribution >= 0.6 is 11.6 Å². The number of hydrogen-bond donors (Lipinski definition) is 1. The van der Waals surface area contributed by atoms with Gasteiger partial charge in [0.25, 0.3) is 0 Å². The minimum absolute atomic E-state index is 0.165. The molecular formula is C14H13ClN2. The third kappa shape index (κ3) is 2.06. The lowest BCUT2D eigenvalue weighted by Gasteiger charge is -2.26. The first-order valence-corrected chi connectivity index (χ1v) is 6.15. The third-order valence-corrected chi connectivity index (χ3v) is 3.38. The van der Waals surface area contributed by atoms with Crippen LogP contribution in [-0.4, -0.2) is 11.5 Å². The number of nitrogens with one attached hydrogen (secondary N) is 1. The fourth-order valence-electron chi connectivity index (χ4n) is 2.33. The summed E-state index contributed by atoms with van der Waals surface area (Å²) in [5.41, 5.74) is 3.67. The van der Waals surface area contributed by atoms with Crippen molar-refractivity contribution in [2.24, 2.45) is 0 Å². The molecule has 0 unspecified atom stereocenters. The molecule has 0 saturated heterocycles. The fraction of sp³-hybridized carbons (Fsp3) is 0.214. The van der Waals surface area contributed by atoms with E-state index in [9.17, 15) is 0 Å². The van der Waals surface area contributed by atoms with E-state index in [2.05, 4.69) is 16.4 Å². The highest BCUT2D eigenvalue weighted by Crippen LogP contribution is 2.29. The van der Waals surface area contributed by atoms with Gasteiger partial charge < -0.3 is 5.32 Å². The van der Waals surface area contributed by atoms with E-state index < -0.39 is 0 Å². The van der Waals surface area contributed by atoms with Crippen LogP contribution in [-0.2, 0) is 6.42 Å². The second-order valence-corrected chi connectivity index (χ2v) is 4.67. The molecule has 0 radical (unpaired) electrons. The Morgan fingerprint density at radius 3 is 3.00 bits per heavy atom. The van der Waals surface area contributed by atoms with Crippen LogP contribution < -0.4 is 5.32 Å². The van der Waals surface area contributed by atoms with Gasteiger partial charge in [0.05, 0.1) is 11.7 Å². The number of halogens is 1. The average molecular weight is 245 g/mol. The first-order valence-electron chi connectivity index (χ1n) is 5.77. The maximum Gasteiger partial charge on any atom is 0.0754 e. The molecule has 0 saturated carbocycles. The van der Waals surface area contributed by atoms with Gasteiger partial charge in [-0.1, -0.05) is 23.7 Å². The Bertz CT molecular complexity index is 525. The summed E-state index contributed by atoms with van der Waals surface area (Å²) in [4.78, 5) is 4.43. The van der Waals surface area contributed by atoms with Gasteiger partial charge in [0.15, 0.2) is 0 Å². The normalized spacial score (nSPS) is 18.8. The molecule has 2 heterocycles. The molecule has 86 valence electrons. The van der Waals surface area contributed by atoms with Crippen LogP contribution in [0.15, 0.2) is 42.6 Å². The molecule has 1 atom stereocenters. The number of pyridine rings is 1. The lowest BCUT2D eigenvalue weighted by molar-refractivity contribution is 0.557. The van der Waals surface area contributed by atoms with E-state index in [0.717, 1.165) is 23.7 Å². The standard InChI is InChI=1S/C14H13ClN2/c15-11-5-4-10-6-8-17-14(12(10)9-11)13-3-1-2-7-16-13/h1-5,7,9,14,17H,6,8H2/t14-/m0/s1. The molecule has 0 aliphatic carbocycles. The topological polar surface area (TPSA) is 24.9 Å². The van der Waals surface area contributed by atoms with Gasteiger partial charge in [-0.05, 0) is 41.8 Å².